The van der Waals surface area contributed by atoms with E-state index in [1.165, 1.54) is 18.2 Å². The van der Waals surface area contributed by atoms with Crippen LogP contribution in [-0.2, 0) is 15.6 Å². The van der Waals surface area contributed by atoms with E-state index in [2.05, 4.69) is 0 Å². The largest absolute Gasteiger partial charge is 0.478 e. The summed E-state index contributed by atoms with van der Waals surface area (Å²) in [4.78, 5) is 10.1. The summed E-state index contributed by atoms with van der Waals surface area (Å²) >= 11 is 0. The number of hydrogen-bond acceptors (Lipinski definition) is 3. The maximum atomic E-state index is 13.7. The number of halogens is 2. The molecule has 0 atom stereocenters. The molecule has 0 bridgehead atoms. The van der Waals surface area contributed by atoms with Gasteiger partial charge in [-0.15, -0.1) is 0 Å². The van der Waals surface area contributed by atoms with Gasteiger partial charge >= 0.3 is 5.97 Å². The number of benzene rings is 2. The fraction of sp³-hybridized carbons (Fsp3) is 0.0714. The third-order valence-corrected chi connectivity index (χ3v) is 4.49. The monoisotopic (exact) mass is 312 g/mol. The van der Waals surface area contributed by atoms with Crippen molar-refractivity contribution in [3.63, 3.8) is 0 Å². The van der Waals surface area contributed by atoms with Gasteiger partial charge in [0.15, 0.2) is 9.84 Å². The summed E-state index contributed by atoms with van der Waals surface area (Å²) in [5.41, 5.74) is -0.471. The van der Waals surface area contributed by atoms with Crippen LogP contribution in [0.3, 0.4) is 0 Å². The lowest BCUT2D eigenvalue weighted by Crippen LogP contribution is -2.10. The Morgan fingerprint density at radius 2 is 1.71 bits per heavy atom. The van der Waals surface area contributed by atoms with Gasteiger partial charge in [-0.3, -0.25) is 0 Å². The van der Waals surface area contributed by atoms with Crippen molar-refractivity contribution < 1.29 is 27.1 Å². The Hall–Kier alpha value is -2.28. The van der Waals surface area contributed by atoms with Gasteiger partial charge in [0.05, 0.1) is 11.3 Å². The van der Waals surface area contributed by atoms with Crippen molar-refractivity contribution >= 4 is 15.8 Å². The fourth-order valence-corrected chi connectivity index (χ4v) is 3.24. The maximum Gasteiger partial charge on any atom is 0.335 e. The summed E-state index contributed by atoms with van der Waals surface area (Å²) < 4.78 is 51.5. The Labute approximate surface area is 119 Å². The lowest BCUT2D eigenvalue weighted by atomic mass is 10.2. The zero-order chi connectivity index (χ0) is 15.6. The second kappa shape index (κ2) is 5.61. The van der Waals surface area contributed by atoms with Gasteiger partial charge in [-0.05, 0) is 24.3 Å². The van der Waals surface area contributed by atoms with Gasteiger partial charge < -0.3 is 5.11 Å². The molecule has 0 radical (unpaired) electrons. The van der Waals surface area contributed by atoms with E-state index in [4.69, 9.17) is 5.11 Å². The van der Waals surface area contributed by atoms with Crippen LogP contribution in [0.1, 0.15) is 15.9 Å². The quantitative estimate of drug-likeness (QED) is 0.942. The van der Waals surface area contributed by atoms with Crippen LogP contribution in [0.5, 0.6) is 0 Å². The number of hydrogen-bond donors (Lipinski definition) is 1. The van der Waals surface area contributed by atoms with Gasteiger partial charge in [-0.25, -0.2) is 22.0 Å². The highest BCUT2D eigenvalue weighted by Crippen LogP contribution is 2.22. The molecule has 0 aliphatic rings. The lowest BCUT2D eigenvalue weighted by Gasteiger charge is -2.07. The highest BCUT2D eigenvalue weighted by molar-refractivity contribution is 7.90. The molecule has 0 unspecified atom stereocenters. The molecule has 0 saturated heterocycles. The minimum absolute atomic E-state index is 0.113. The topological polar surface area (TPSA) is 71.4 Å². The van der Waals surface area contributed by atoms with Crippen molar-refractivity contribution in [1.29, 1.82) is 0 Å². The molecule has 1 N–H and O–H groups in total. The molecule has 4 nitrogen and oxygen atoms in total. The molecule has 0 amide bonds. The number of aromatic carboxylic acids is 1. The Bertz CT molecular complexity index is 800. The molecule has 0 heterocycles. The van der Waals surface area contributed by atoms with Crippen LogP contribution in [0.15, 0.2) is 47.4 Å². The molecule has 0 aromatic heterocycles. The average molecular weight is 312 g/mol. The van der Waals surface area contributed by atoms with Gasteiger partial charge in [-0.2, -0.15) is 0 Å². The van der Waals surface area contributed by atoms with Crippen molar-refractivity contribution in [3.8, 4) is 0 Å². The van der Waals surface area contributed by atoms with Crippen LogP contribution >= 0.6 is 0 Å². The van der Waals surface area contributed by atoms with Crippen LogP contribution in [-0.4, -0.2) is 19.5 Å². The van der Waals surface area contributed by atoms with Crippen LogP contribution in [0, 0.1) is 11.6 Å². The number of carboxylic acid groups (broad SMARTS) is 1. The molecule has 21 heavy (non-hydrogen) atoms. The Morgan fingerprint density at radius 3 is 2.33 bits per heavy atom. The van der Waals surface area contributed by atoms with E-state index in [0.717, 1.165) is 24.3 Å². The molecule has 0 spiro atoms. The summed E-state index contributed by atoms with van der Waals surface area (Å²) in [6.45, 7) is 0. The van der Waals surface area contributed by atoms with E-state index >= 15 is 0 Å². The van der Waals surface area contributed by atoms with Crippen molar-refractivity contribution in [2.75, 3.05) is 0 Å². The average Bonchev–Trinajstić information content (AvgIpc) is 2.41. The number of carboxylic acids is 1. The number of carbonyl (C=O) groups is 1. The zero-order valence-electron chi connectivity index (χ0n) is 10.6. The van der Waals surface area contributed by atoms with Crippen LogP contribution in [0.2, 0.25) is 0 Å². The second-order valence-electron chi connectivity index (χ2n) is 4.30. The third-order valence-electron chi connectivity index (χ3n) is 2.82. The summed E-state index contributed by atoms with van der Waals surface area (Å²) in [6.07, 6.45) is 0. The van der Waals surface area contributed by atoms with E-state index in [-0.39, 0.29) is 11.1 Å². The van der Waals surface area contributed by atoms with E-state index in [1.807, 2.05) is 0 Å². The normalized spacial score (nSPS) is 11.3. The highest BCUT2D eigenvalue weighted by Gasteiger charge is 2.23. The first-order valence-corrected chi connectivity index (χ1v) is 7.45. The molecule has 0 saturated carbocycles. The standard InChI is InChI=1S/C14H10F2O4S/c15-11-4-2-1-3-10(11)8-21(19,20)13-7-9(14(17)18)5-6-12(13)16/h1-7H,8H2,(H,17,18). The zero-order valence-corrected chi connectivity index (χ0v) is 11.4. The lowest BCUT2D eigenvalue weighted by molar-refractivity contribution is 0.0696. The Balaban J connectivity index is 2.47. The molecule has 2 aromatic rings. The Morgan fingerprint density at radius 1 is 1.05 bits per heavy atom. The molecule has 0 fully saturated rings. The SMILES string of the molecule is O=C(O)c1ccc(F)c(S(=O)(=O)Cc2ccccc2F)c1. The molecule has 2 aromatic carbocycles. The minimum Gasteiger partial charge on any atom is -0.478 e. The van der Waals surface area contributed by atoms with Crippen molar-refractivity contribution in [2.45, 2.75) is 10.6 Å². The summed E-state index contributed by atoms with van der Waals surface area (Å²) in [7, 11) is -4.20. The number of rotatable bonds is 4. The van der Waals surface area contributed by atoms with Gasteiger partial charge in [0.25, 0.3) is 0 Å². The van der Waals surface area contributed by atoms with Gasteiger partial charge in [0, 0.05) is 5.56 Å². The van der Waals surface area contributed by atoms with E-state index < -0.39 is 38.1 Å². The summed E-state index contributed by atoms with van der Waals surface area (Å²) in [5, 5.41) is 8.82. The molecule has 110 valence electrons. The van der Waals surface area contributed by atoms with Gasteiger partial charge in [-0.1, -0.05) is 18.2 Å². The van der Waals surface area contributed by atoms with Crippen molar-refractivity contribution in [1.82, 2.24) is 0 Å². The highest BCUT2D eigenvalue weighted by atomic mass is 32.2. The molecular formula is C14H10F2O4S. The molecule has 0 aliphatic carbocycles. The first kappa shape index (κ1) is 15.1. The van der Waals surface area contributed by atoms with E-state index in [0.29, 0.717) is 0 Å². The first-order chi connectivity index (χ1) is 9.81. The minimum atomic E-state index is -4.20. The van der Waals surface area contributed by atoms with Crippen LogP contribution < -0.4 is 0 Å². The molecule has 2 rings (SSSR count). The second-order valence-corrected chi connectivity index (χ2v) is 6.26. The van der Waals surface area contributed by atoms with Gasteiger partial charge in [0.1, 0.15) is 16.5 Å². The summed E-state index contributed by atoms with van der Waals surface area (Å²) in [5.74, 6) is -3.93. The number of sulfone groups is 1. The van der Waals surface area contributed by atoms with Crippen molar-refractivity contribution in [3.05, 3.63) is 65.2 Å². The third kappa shape index (κ3) is 3.25. The van der Waals surface area contributed by atoms with Crippen LogP contribution in [0.25, 0.3) is 0 Å². The smallest absolute Gasteiger partial charge is 0.335 e. The Kier molecular flexibility index (Phi) is 4.04. The molecular weight excluding hydrogens is 302 g/mol. The van der Waals surface area contributed by atoms with E-state index in [9.17, 15) is 22.0 Å². The first-order valence-electron chi connectivity index (χ1n) is 5.80. The molecule has 7 heteroatoms. The molecule has 0 aliphatic heterocycles. The summed E-state index contributed by atoms with van der Waals surface area (Å²) in [6, 6.07) is 7.67. The maximum absolute atomic E-state index is 13.7. The van der Waals surface area contributed by atoms with Crippen LogP contribution in [0.4, 0.5) is 8.78 Å². The predicted molar refractivity (Wildman–Crippen MR) is 70.6 cm³/mol. The van der Waals surface area contributed by atoms with Gasteiger partial charge in [0.2, 0.25) is 0 Å². The fourth-order valence-electron chi connectivity index (χ4n) is 1.77. The van der Waals surface area contributed by atoms with Crippen molar-refractivity contribution in [2.24, 2.45) is 0 Å². The van der Waals surface area contributed by atoms with E-state index in [1.54, 1.807) is 0 Å². The predicted octanol–water partition coefficient (Wildman–Crippen LogP) is 2.64.